The molecule has 2 atom stereocenters. The molecule has 0 radical (unpaired) electrons. The number of amides is 1. The Labute approximate surface area is 135 Å². The molecule has 0 aromatic carbocycles. The number of hydrogen-bond acceptors (Lipinski definition) is 6. The normalized spacial score (nSPS) is 24.9. The Hall–Kier alpha value is -1.89. The first-order valence-corrected chi connectivity index (χ1v) is 8.12. The molecular weight excluding hydrogens is 298 g/mol. The lowest BCUT2D eigenvalue weighted by atomic mass is 10.0. The second-order valence-corrected chi connectivity index (χ2v) is 5.95. The average Bonchev–Trinajstić information content (AvgIpc) is 3.20. The van der Waals surface area contributed by atoms with Crippen LogP contribution in [0.5, 0.6) is 0 Å². The highest BCUT2D eigenvalue weighted by atomic mass is 16.5. The SMILES string of the molecule is CCC1=C(C(=O)N2C[C@@H](OC)C[C@@H]2c2nc(C)no2)CCCO1. The Bertz CT molecular complexity index is 610. The zero-order valence-corrected chi connectivity index (χ0v) is 13.9. The summed E-state index contributed by atoms with van der Waals surface area (Å²) in [6.07, 6.45) is 3.00. The number of likely N-dealkylation sites (tertiary alicyclic amines) is 1. The topological polar surface area (TPSA) is 77.7 Å². The van der Waals surface area contributed by atoms with Crippen molar-refractivity contribution in [3.05, 3.63) is 23.0 Å². The predicted molar refractivity (Wildman–Crippen MR) is 81.4 cm³/mol. The van der Waals surface area contributed by atoms with E-state index in [0.29, 0.717) is 31.3 Å². The Morgan fingerprint density at radius 2 is 2.30 bits per heavy atom. The van der Waals surface area contributed by atoms with Gasteiger partial charge in [-0.15, -0.1) is 0 Å². The maximum atomic E-state index is 13.1. The molecule has 1 aromatic heterocycles. The van der Waals surface area contributed by atoms with Crippen molar-refractivity contribution in [3.63, 3.8) is 0 Å². The van der Waals surface area contributed by atoms with E-state index < -0.39 is 0 Å². The van der Waals surface area contributed by atoms with E-state index >= 15 is 0 Å². The number of rotatable bonds is 4. The van der Waals surface area contributed by atoms with Crippen LogP contribution in [0.15, 0.2) is 15.9 Å². The van der Waals surface area contributed by atoms with Gasteiger partial charge in [0.1, 0.15) is 11.8 Å². The molecule has 23 heavy (non-hydrogen) atoms. The molecule has 126 valence electrons. The van der Waals surface area contributed by atoms with Gasteiger partial charge in [0, 0.05) is 26.5 Å². The standard InChI is InChI=1S/C16H23N3O4/c1-4-14-12(6-5-7-22-14)16(20)19-9-11(21-3)8-13(19)15-17-10(2)18-23-15/h11,13H,4-9H2,1-3H3/t11-,13+/m0/s1. The molecule has 0 spiro atoms. The van der Waals surface area contributed by atoms with Gasteiger partial charge in [0.15, 0.2) is 5.82 Å². The molecule has 0 aliphatic carbocycles. The fourth-order valence-electron chi connectivity index (χ4n) is 3.26. The number of ether oxygens (including phenoxy) is 2. The monoisotopic (exact) mass is 321 g/mol. The summed E-state index contributed by atoms with van der Waals surface area (Å²) in [7, 11) is 1.66. The van der Waals surface area contributed by atoms with E-state index in [0.717, 1.165) is 30.6 Å². The van der Waals surface area contributed by atoms with Crippen LogP contribution in [0.1, 0.15) is 50.4 Å². The van der Waals surface area contributed by atoms with Gasteiger partial charge in [-0.1, -0.05) is 12.1 Å². The van der Waals surface area contributed by atoms with Gasteiger partial charge in [-0.3, -0.25) is 4.79 Å². The van der Waals surface area contributed by atoms with Crippen molar-refractivity contribution in [3.8, 4) is 0 Å². The third-order valence-corrected chi connectivity index (χ3v) is 4.45. The molecule has 0 unspecified atom stereocenters. The highest BCUT2D eigenvalue weighted by Crippen LogP contribution is 2.35. The van der Waals surface area contributed by atoms with Gasteiger partial charge in [-0.2, -0.15) is 4.98 Å². The summed E-state index contributed by atoms with van der Waals surface area (Å²) in [5.74, 6) is 1.86. The number of carbonyl (C=O) groups excluding carboxylic acids is 1. The van der Waals surface area contributed by atoms with Crippen molar-refractivity contribution in [2.24, 2.45) is 0 Å². The van der Waals surface area contributed by atoms with Crippen LogP contribution in [0.2, 0.25) is 0 Å². The van der Waals surface area contributed by atoms with Crippen LogP contribution < -0.4 is 0 Å². The summed E-state index contributed by atoms with van der Waals surface area (Å²) in [5, 5.41) is 3.85. The number of carbonyl (C=O) groups is 1. The summed E-state index contributed by atoms with van der Waals surface area (Å²) < 4.78 is 16.4. The average molecular weight is 321 g/mol. The largest absolute Gasteiger partial charge is 0.497 e. The van der Waals surface area contributed by atoms with Crippen molar-refractivity contribution in [2.75, 3.05) is 20.3 Å². The molecule has 2 aliphatic heterocycles. The summed E-state index contributed by atoms with van der Waals surface area (Å²) >= 11 is 0. The fourth-order valence-corrected chi connectivity index (χ4v) is 3.26. The van der Waals surface area contributed by atoms with Crippen LogP contribution in [0, 0.1) is 6.92 Å². The van der Waals surface area contributed by atoms with E-state index in [1.54, 1.807) is 18.9 Å². The molecule has 0 saturated carbocycles. The van der Waals surface area contributed by atoms with Gasteiger partial charge in [0.2, 0.25) is 5.89 Å². The van der Waals surface area contributed by atoms with Crippen LogP contribution >= 0.6 is 0 Å². The van der Waals surface area contributed by atoms with Gasteiger partial charge in [-0.05, 0) is 19.8 Å². The lowest BCUT2D eigenvalue weighted by Gasteiger charge is -2.27. The number of aryl methyl sites for hydroxylation is 1. The minimum absolute atomic E-state index is 0.00181. The van der Waals surface area contributed by atoms with Gasteiger partial charge in [0.05, 0.1) is 18.3 Å². The van der Waals surface area contributed by atoms with Crippen LogP contribution in [-0.4, -0.2) is 47.3 Å². The summed E-state index contributed by atoms with van der Waals surface area (Å²) in [6, 6.07) is -0.235. The number of aromatic nitrogens is 2. The van der Waals surface area contributed by atoms with E-state index in [-0.39, 0.29) is 18.1 Å². The van der Waals surface area contributed by atoms with Crippen molar-refractivity contribution in [1.82, 2.24) is 15.0 Å². The smallest absolute Gasteiger partial charge is 0.253 e. The van der Waals surface area contributed by atoms with Crippen molar-refractivity contribution >= 4 is 5.91 Å². The molecule has 0 bridgehead atoms. The van der Waals surface area contributed by atoms with Gasteiger partial charge in [0.25, 0.3) is 5.91 Å². The van der Waals surface area contributed by atoms with Crippen molar-refractivity contribution in [2.45, 2.75) is 51.7 Å². The van der Waals surface area contributed by atoms with Crippen LogP contribution in [0.4, 0.5) is 0 Å². The molecule has 7 heteroatoms. The third-order valence-electron chi connectivity index (χ3n) is 4.45. The Morgan fingerprint density at radius 1 is 1.48 bits per heavy atom. The molecule has 1 amide bonds. The number of nitrogens with zero attached hydrogens (tertiary/aromatic N) is 3. The van der Waals surface area contributed by atoms with Crippen molar-refractivity contribution < 1.29 is 18.8 Å². The minimum Gasteiger partial charge on any atom is -0.497 e. The molecule has 0 N–H and O–H groups in total. The van der Waals surface area contributed by atoms with Gasteiger partial charge in [-0.25, -0.2) is 0 Å². The van der Waals surface area contributed by atoms with E-state index in [1.165, 1.54) is 0 Å². The summed E-state index contributed by atoms with van der Waals surface area (Å²) in [5.41, 5.74) is 0.775. The van der Waals surface area contributed by atoms with Gasteiger partial charge < -0.3 is 18.9 Å². The quantitative estimate of drug-likeness (QED) is 0.845. The Morgan fingerprint density at radius 3 is 2.96 bits per heavy atom. The van der Waals surface area contributed by atoms with Crippen LogP contribution in [0.25, 0.3) is 0 Å². The Balaban J connectivity index is 1.88. The van der Waals surface area contributed by atoms with Crippen LogP contribution in [0.3, 0.4) is 0 Å². The minimum atomic E-state index is -0.235. The molecule has 7 nitrogen and oxygen atoms in total. The summed E-state index contributed by atoms with van der Waals surface area (Å²) in [4.78, 5) is 19.2. The number of hydrogen-bond donors (Lipinski definition) is 0. The first kappa shape index (κ1) is 16.0. The van der Waals surface area contributed by atoms with E-state index in [4.69, 9.17) is 14.0 Å². The summed E-state index contributed by atoms with van der Waals surface area (Å²) in [6.45, 7) is 5.00. The van der Waals surface area contributed by atoms with Crippen LogP contribution in [-0.2, 0) is 14.3 Å². The van der Waals surface area contributed by atoms with Crippen molar-refractivity contribution in [1.29, 1.82) is 0 Å². The number of methoxy groups -OCH3 is 1. The van der Waals surface area contributed by atoms with E-state index in [2.05, 4.69) is 10.1 Å². The number of allylic oxidation sites excluding steroid dienone is 1. The molecule has 1 fully saturated rings. The Kier molecular flexibility index (Phi) is 4.66. The first-order valence-electron chi connectivity index (χ1n) is 8.12. The maximum Gasteiger partial charge on any atom is 0.253 e. The van der Waals surface area contributed by atoms with Gasteiger partial charge >= 0.3 is 0 Å². The zero-order chi connectivity index (χ0) is 16.4. The predicted octanol–water partition coefficient (Wildman–Crippen LogP) is 2.14. The lowest BCUT2D eigenvalue weighted by molar-refractivity contribution is -0.129. The molecule has 3 heterocycles. The molecule has 1 aromatic rings. The van der Waals surface area contributed by atoms with E-state index in [1.807, 2.05) is 6.92 Å². The molecule has 2 aliphatic rings. The maximum absolute atomic E-state index is 13.1. The highest BCUT2D eigenvalue weighted by molar-refractivity contribution is 5.94. The second-order valence-electron chi connectivity index (χ2n) is 5.95. The molecular formula is C16H23N3O4. The fraction of sp³-hybridized carbons (Fsp3) is 0.688. The first-order chi connectivity index (χ1) is 11.1. The van der Waals surface area contributed by atoms with E-state index in [9.17, 15) is 4.79 Å². The third kappa shape index (κ3) is 3.10. The highest BCUT2D eigenvalue weighted by Gasteiger charge is 2.41. The lowest BCUT2D eigenvalue weighted by Crippen LogP contribution is -2.34. The molecule has 1 saturated heterocycles. The zero-order valence-electron chi connectivity index (χ0n) is 13.9. The second kappa shape index (κ2) is 6.70. The molecule has 3 rings (SSSR count).